The van der Waals surface area contributed by atoms with Crippen molar-refractivity contribution in [1.82, 2.24) is 14.9 Å². The number of nitrogens with one attached hydrogen (secondary N) is 1. The van der Waals surface area contributed by atoms with Gasteiger partial charge in [-0.3, -0.25) is 0 Å². The van der Waals surface area contributed by atoms with E-state index in [2.05, 4.69) is 30.8 Å². The quantitative estimate of drug-likeness (QED) is 0.0956. The number of rotatable bonds is 7. The highest BCUT2D eigenvalue weighted by atomic mass is 79.9. The van der Waals surface area contributed by atoms with Gasteiger partial charge in [0.1, 0.15) is 20.9 Å². The van der Waals surface area contributed by atoms with Crippen LogP contribution in [-0.2, 0) is 24.0 Å². The van der Waals surface area contributed by atoms with Gasteiger partial charge >= 0.3 is 6.18 Å². The number of alkyl halides is 3. The van der Waals surface area contributed by atoms with Crippen molar-refractivity contribution in [3.63, 3.8) is 0 Å². The third-order valence-electron chi connectivity index (χ3n) is 6.40. The standard InChI is InChI=1S/C28H30BrF4N3O2SSi/c1-27(2,3)39(37)36-20(14-21-25(30)23(40(4,5)6)15-24(29)34-21)17-9-7-8-10-18(17)26-19-12-11-16(28(31,32)33)13-22(19)38-35-26/h7-13,15,20,36H,14H2,1-6H3/t20-,39-/m0/s1. The van der Waals surface area contributed by atoms with Crippen molar-refractivity contribution in [1.29, 1.82) is 0 Å². The lowest BCUT2D eigenvalue weighted by atomic mass is 9.94. The lowest BCUT2D eigenvalue weighted by molar-refractivity contribution is -0.137. The zero-order chi connectivity index (χ0) is 29.6. The number of benzene rings is 2. The monoisotopic (exact) mass is 655 g/mol. The van der Waals surface area contributed by atoms with Crippen LogP contribution in [0.1, 0.15) is 43.6 Å². The highest BCUT2D eigenvalue weighted by Crippen LogP contribution is 2.38. The maximum atomic E-state index is 15.8. The summed E-state index contributed by atoms with van der Waals surface area (Å²) in [7, 11) is -2.06. The molecule has 4 rings (SSSR count). The van der Waals surface area contributed by atoms with Crippen LogP contribution in [0.3, 0.4) is 0 Å². The average Bonchev–Trinajstić information content (AvgIpc) is 3.27. The maximum absolute atomic E-state index is 15.8. The van der Waals surface area contributed by atoms with Crippen LogP contribution in [0.25, 0.3) is 22.2 Å². The summed E-state index contributed by atoms with van der Waals surface area (Å²) in [6, 6.07) is 11.4. The number of nitrogens with zero attached hydrogens (tertiary/aromatic N) is 2. The zero-order valence-electron chi connectivity index (χ0n) is 22.9. The Kier molecular flexibility index (Phi) is 8.60. The molecule has 0 unspecified atom stereocenters. The van der Waals surface area contributed by atoms with Crippen molar-refractivity contribution >= 4 is 51.5 Å². The largest absolute Gasteiger partial charge is 0.598 e. The van der Waals surface area contributed by atoms with Crippen LogP contribution in [0.15, 0.2) is 57.7 Å². The van der Waals surface area contributed by atoms with E-state index in [1.165, 1.54) is 6.07 Å². The predicted molar refractivity (Wildman–Crippen MR) is 157 cm³/mol. The van der Waals surface area contributed by atoms with E-state index in [0.717, 1.165) is 12.1 Å². The minimum Gasteiger partial charge on any atom is -0.598 e. The van der Waals surface area contributed by atoms with Crippen molar-refractivity contribution in [3.8, 4) is 11.3 Å². The zero-order valence-corrected chi connectivity index (χ0v) is 26.3. The predicted octanol–water partition coefficient (Wildman–Crippen LogP) is 7.69. The first kappa shape index (κ1) is 30.7. The molecule has 12 heteroatoms. The molecule has 0 radical (unpaired) electrons. The second kappa shape index (κ2) is 11.2. The van der Waals surface area contributed by atoms with Gasteiger partial charge in [-0.2, -0.15) is 13.2 Å². The van der Waals surface area contributed by atoms with Gasteiger partial charge in [-0.15, -0.1) is 4.72 Å². The topological polar surface area (TPSA) is 74.0 Å². The molecule has 2 atom stereocenters. The molecule has 2 aromatic carbocycles. The molecule has 5 nitrogen and oxygen atoms in total. The van der Waals surface area contributed by atoms with E-state index in [0.29, 0.717) is 32.0 Å². The van der Waals surface area contributed by atoms with E-state index >= 15 is 4.39 Å². The molecule has 0 aliphatic rings. The van der Waals surface area contributed by atoms with Gasteiger partial charge in [0.15, 0.2) is 5.58 Å². The van der Waals surface area contributed by atoms with Crippen LogP contribution in [0.4, 0.5) is 17.6 Å². The van der Waals surface area contributed by atoms with Gasteiger partial charge in [0, 0.05) is 28.7 Å². The van der Waals surface area contributed by atoms with E-state index in [1.807, 2.05) is 40.4 Å². The van der Waals surface area contributed by atoms with Crippen LogP contribution in [0.5, 0.6) is 0 Å². The molecule has 214 valence electrons. The Morgan fingerprint density at radius 2 is 1.75 bits per heavy atom. The normalized spacial score (nSPS) is 14.5. The molecule has 0 amide bonds. The summed E-state index contributed by atoms with van der Waals surface area (Å²) < 4.78 is 77.3. The van der Waals surface area contributed by atoms with E-state index < -0.39 is 42.0 Å². The van der Waals surface area contributed by atoms with E-state index in [-0.39, 0.29) is 23.5 Å². The Hall–Kier alpha value is -2.25. The van der Waals surface area contributed by atoms with Gasteiger partial charge in [0.2, 0.25) is 0 Å². The smallest absolute Gasteiger partial charge is 0.416 e. The Morgan fingerprint density at radius 3 is 2.38 bits per heavy atom. The molecule has 0 saturated carbocycles. The van der Waals surface area contributed by atoms with Crippen molar-refractivity contribution in [2.24, 2.45) is 0 Å². The molecule has 0 bridgehead atoms. The number of pyridine rings is 1. The molecule has 0 spiro atoms. The molecule has 2 aromatic heterocycles. The number of fused-ring (bicyclic) bond motifs is 1. The average molecular weight is 657 g/mol. The van der Waals surface area contributed by atoms with Crippen LogP contribution in [0, 0.1) is 5.82 Å². The lowest BCUT2D eigenvalue weighted by Crippen LogP contribution is -2.43. The van der Waals surface area contributed by atoms with Gasteiger partial charge in [0.05, 0.1) is 25.4 Å². The van der Waals surface area contributed by atoms with Gasteiger partial charge < -0.3 is 9.08 Å². The number of halogens is 5. The highest BCUT2D eigenvalue weighted by molar-refractivity contribution is 9.10. The number of hydrogen-bond acceptors (Lipinski definition) is 5. The second-order valence-electron chi connectivity index (χ2n) is 11.6. The Labute approximate surface area is 243 Å². The van der Waals surface area contributed by atoms with E-state index in [1.54, 1.807) is 30.3 Å². The van der Waals surface area contributed by atoms with Crippen LogP contribution in [0.2, 0.25) is 19.6 Å². The third kappa shape index (κ3) is 6.62. The van der Waals surface area contributed by atoms with E-state index in [9.17, 15) is 17.7 Å². The maximum Gasteiger partial charge on any atom is 0.416 e. The van der Waals surface area contributed by atoms with Crippen molar-refractivity contribution in [2.75, 3.05) is 0 Å². The highest BCUT2D eigenvalue weighted by Gasteiger charge is 2.34. The first-order valence-electron chi connectivity index (χ1n) is 12.6. The van der Waals surface area contributed by atoms with Crippen LogP contribution < -0.4 is 9.91 Å². The first-order chi connectivity index (χ1) is 18.5. The number of hydrogen-bond donors (Lipinski definition) is 1. The fourth-order valence-electron chi connectivity index (χ4n) is 4.27. The minimum absolute atomic E-state index is 0.0121. The Balaban J connectivity index is 1.86. The molecular weight excluding hydrogens is 626 g/mol. The molecule has 40 heavy (non-hydrogen) atoms. The summed E-state index contributed by atoms with van der Waals surface area (Å²) >= 11 is 1.88. The Bertz CT molecular complexity index is 1530. The van der Waals surface area contributed by atoms with Crippen molar-refractivity contribution in [3.05, 3.63) is 75.8 Å². The van der Waals surface area contributed by atoms with Crippen molar-refractivity contribution < 1.29 is 26.6 Å². The van der Waals surface area contributed by atoms with Crippen LogP contribution in [-0.4, -0.2) is 27.5 Å². The van der Waals surface area contributed by atoms with Gasteiger partial charge in [-0.1, -0.05) is 49.1 Å². The molecule has 1 N–H and O–H groups in total. The third-order valence-corrected chi connectivity index (χ3v) is 10.4. The second-order valence-corrected chi connectivity index (χ2v) is 19.4. The first-order valence-corrected chi connectivity index (χ1v) is 18.0. The summed E-state index contributed by atoms with van der Waals surface area (Å²) in [6.45, 7) is 11.6. The molecular formula is C28H30BrF4N3O2SSi. The SMILES string of the molecule is CC(C)(C)[S@+]([O-])N[C@@H](Cc1nc(Br)cc([Si](C)(C)C)c1F)c1ccccc1-c1noc2cc(C(F)(F)F)ccc12. The fourth-order valence-corrected chi connectivity index (χ4v) is 7.12. The number of aromatic nitrogens is 2. The molecule has 0 fully saturated rings. The summed E-state index contributed by atoms with van der Waals surface area (Å²) in [5, 5.41) is 5.12. The van der Waals surface area contributed by atoms with Gasteiger partial charge in [-0.25, -0.2) is 9.37 Å². The summed E-state index contributed by atoms with van der Waals surface area (Å²) in [5.41, 5.74) is 0.881. The summed E-state index contributed by atoms with van der Waals surface area (Å²) in [4.78, 5) is 4.44. The van der Waals surface area contributed by atoms with E-state index in [4.69, 9.17) is 4.52 Å². The molecule has 4 aromatic rings. The molecule has 2 heterocycles. The van der Waals surface area contributed by atoms with Crippen molar-refractivity contribution in [2.45, 2.75) is 63.8 Å². The molecule has 0 aliphatic carbocycles. The lowest BCUT2D eigenvalue weighted by Gasteiger charge is -2.29. The molecule has 0 aliphatic heterocycles. The van der Waals surface area contributed by atoms with Gasteiger partial charge in [0.25, 0.3) is 0 Å². The summed E-state index contributed by atoms with van der Waals surface area (Å²) in [6.07, 6.45) is -4.46. The van der Waals surface area contributed by atoms with Gasteiger partial charge in [-0.05, 0) is 71.7 Å². The molecule has 0 saturated heterocycles. The fraction of sp³-hybridized carbons (Fsp3) is 0.357. The Morgan fingerprint density at radius 1 is 1.07 bits per heavy atom. The minimum atomic E-state index is -4.53. The van der Waals surface area contributed by atoms with Crippen LogP contribution >= 0.6 is 15.9 Å². The summed E-state index contributed by atoms with van der Waals surface area (Å²) in [5.74, 6) is -0.389.